The number of carbonyl (C=O) groups is 1. The van der Waals surface area contributed by atoms with E-state index in [2.05, 4.69) is 72.3 Å². The van der Waals surface area contributed by atoms with Gasteiger partial charge < -0.3 is 34.8 Å². The highest BCUT2D eigenvalue weighted by Crippen LogP contribution is 2.45. The number of hydrogen-bond acceptors (Lipinski definition) is 9. The molecule has 5 heterocycles. The summed E-state index contributed by atoms with van der Waals surface area (Å²) < 4.78 is 8.37. The van der Waals surface area contributed by atoms with Crippen molar-refractivity contribution in [3.63, 3.8) is 0 Å². The maximum absolute atomic E-state index is 12.8. The second-order valence-electron chi connectivity index (χ2n) is 15.1. The molecule has 274 valence electrons. The number of carbonyl (C=O) groups excluding carboxylic acids is 1. The van der Waals surface area contributed by atoms with Crippen LogP contribution in [0.4, 0.5) is 5.69 Å². The fourth-order valence-electron chi connectivity index (χ4n) is 9.30. The molecular formula is C42H46N6O5. The molecule has 0 bridgehead atoms. The number of phenols is 1. The Kier molecular flexibility index (Phi) is 9.01. The van der Waals surface area contributed by atoms with E-state index in [-0.39, 0.29) is 23.6 Å². The van der Waals surface area contributed by atoms with E-state index < -0.39 is 12.3 Å². The van der Waals surface area contributed by atoms with Crippen LogP contribution in [0.3, 0.4) is 0 Å². The van der Waals surface area contributed by atoms with E-state index in [4.69, 9.17) is 4.74 Å². The van der Waals surface area contributed by atoms with Gasteiger partial charge in [0.05, 0.1) is 29.5 Å². The number of piperidine rings is 2. The largest absolute Gasteiger partial charge is 0.507 e. The van der Waals surface area contributed by atoms with Gasteiger partial charge in [-0.3, -0.25) is 9.69 Å². The van der Waals surface area contributed by atoms with E-state index in [1.165, 1.54) is 5.56 Å². The summed E-state index contributed by atoms with van der Waals surface area (Å²) in [4.78, 5) is 17.5. The van der Waals surface area contributed by atoms with Crippen molar-refractivity contribution in [2.24, 2.45) is 0 Å². The molecule has 4 aliphatic rings. The number of ether oxygens (including phenoxy) is 1. The summed E-state index contributed by atoms with van der Waals surface area (Å²) in [6, 6.07) is 26.1. The molecule has 4 N–H and O–H groups in total. The molecule has 2 aromatic heterocycles. The summed E-state index contributed by atoms with van der Waals surface area (Å²) in [5.74, 6) is 1.45. The monoisotopic (exact) mass is 714 g/mol. The Morgan fingerprint density at radius 1 is 0.830 bits per heavy atom. The SMILES string of the molecule is O=C1NC(O)CCC1N1CCOc2c(C3CCC(N4CCC(c5ccc(-n6ccc7nnc(-c8ccccc8O)cc76)cc5)C(O)C4)CC3)cccc21. The average Bonchev–Trinajstić information content (AvgIpc) is 3.61. The molecule has 3 aromatic carbocycles. The standard InChI is InChI=1S/C42H46N6O5/c49-38-7-2-1-4-32(38)34-24-37-33(44-45-34)19-21-47(37)29-14-10-26(11-15-29)30-18-20-46(25-39(30)50)28-12-8-27(9-13-28)31-5-3-6-35-41(31)53-23-22-48(35)36-16-17-40(51)43-42(36)52/h1-7,10-11,14-15,19,21,24,27-28,30,36,39-40,49-51H,8-9,12-13,16-18,20,22-23,25H2,(H,43,52). The fourth-order valence-corrected chi connectivity index (χ4v) is 9.30. The number of likely N-dealkylation sites (tertiary alicyclic amines) is 1. The zero-order valence-corrected chi connectivity index (χ0v) is 29.7. The number of fused-ring (bicyclic) bond motifs is 2. The first-order valence-corrected chi connectivity index (χ1v) is 19.1. The third-order valence-electron chi connectivity index (χ3n) is 12.1. The van der Waals surface area contributed by atoms with Crippen LogP contribution in [-0.2, 0) is 4.79 Å². The van der Waals surface area contributed by atoms with Crippen LogP contribution >= 0.6 is 0 Å². The number of nitrogens with zero attached hydrogens (tertiary/aromatic N) is 5. The average molecular weight is 715 g/mol. The highest BCUT2D eigenvalue weighted by atomic mass is 16.5. The summed E-state index contributed by atoms with van der Waals surface area (Å²) in [6.07, 6.45) is 7.16. The molecule has 1 amide bonds. The van der Waals surface area contributed by atoms with E-state index >= 15 is 0 Å². The maximum atomic E-state index is 12.8. The number of amides is 1. The Balaban J connectivity index is 0.833. The Bertz CT molecular complexity index is 2110. The van der Waals surface area contributed by atoms with Crippen molar-refractivity contribution in [3.8, 4) is 28.4 Å². The molecule has 3 fully saturated rings. The number of aliphatic hydroxyl groups excluding tert-OH is 2. The molecular weight excluding hydrogens is 668 g/mol. The number of anilines is 1. The van der Waals surface area contributed by atoms with Gasteiger partial charge in [-0.1, -0.05) is 36.4 Å². The molecule has 4 atom stereocenters. The number of hydrogen-bond donors (Lipinski definition) is 4. The van der Waals surface area contributed by atoms with Gasteiger partial charge in [0.15, 0.2) is 0 Å². The third kappa shape index (κ3) is 6.40. The van der Waals surface area contributed by atoms with Gasteiger partial charge in [-0.2, -0.15) is 0 Å². The van der Waals surface area contributed by atoms with Gasteiger partial charge in [-0.25, -0.2) is 0 Å². The lowest BCUT2D eigenvalue weighted by atomic mass is 9.79. The molecule has 5 aromatic rings. The molecule has 1 aliphatic carbocycles. The zero-order valence-electron chi connectivity index (χ0n) is 29.7. The number of aliphatic hydroxyl groups is 2. The summed E-state index contributed by atoms with van der Waals surface area (Å²) in [7, 11) is 0. The number of nitrogens with one attached hydrogen (secondary N) is 1. The van der Waals surface area contributed by atoms with E-state index in [0.717, 1.165) is 72.4 Å². The lowest BCUT2D eigenvalue weighted by molar-refractivity contribution is -0.128. The van der Waals surface area contributed by atoms with Gasteiger partial charge in [0.2, 0.25) is 5.91 Å². The second kappa shape index (κ2) is 14.1. The van der Waals surface area contributed by atoms with E-state index in [0.29, 0.717) is 55.8 Å². The number of para-hydroxylation sites is 2. The summed E-state index contributed by atoms with van der Waals surface area (Å²) >= 11 is 0. The van der Waals surface area contributed by atoms with Crippen molar-refractivity contribution in [1.29, 1.82) is 0 Å². The Morgan fingerprint density at radius 2 is 1.66 bits per heavy atom. The predicted octanol–water partition coefficient (Wildman–Crippen LogP) is 5.47. The third-order valence-corrected chi connectivity index (χ3v) is 12.1. The normalized spacial score (nSPS) is 26.5. The predicted molar refractivity (Wildman–Crippen MR) is 202 cm³/mol. The van der Waals surface area contributed by atoms with Crippen molar-refractivity contribution >= 4 is 22.6 Å². The van der Waals surface area contributed by atoms with Crippen LogP contribution in [0.2, 0.25) is 0 Å². The number of aromatic nitrogens is 3. The van der Waals surface area contributed by atoms with Crippen molar-refractivity contribution in [1.82, 2.24) is 25.0 Å². The van der Waals surface area contributed by atoms with Crippen LogP contribution in [0.15, 0.2) is 85.1 Å². The molecule has 1 saturated carbocycles. The minimum atomic E-state index is -0.763. The highest BCUT2D eigenvalue weighted by molar-refractivity contribution is 5.87. The molecule has 4 unspecified atom stereocenters. The Morgan fingerprint density at radius 3 is 2.45 bits per heavy atom. The molecule has 53 heavy (non-hydrogen) atoms. The van der Waals surface area contributed by atoms with Crippen molar-refractivity contribution in [3.05, 3.63) is 96.2 Å². The lowest BCUT2D eigenvalue weighted by Gasteiger charge is -2.44. The molecule has 0 radical (unpaired) electrons. The molecule has 11 heteroatoms. The molecule has 9 rings (SSSR count). The van der Waals surface area contributed by atoms with Gasteiger partial charge >= 0.3 is 0 Å². The minimum absolute atomic E-state index is 0.0852. The zero-order chi connectivity index (χ0) is 36.1. The lowest BCUT2D eigenvalue weighted by Crippen LogP contribution is -2.55. The number of benzene rings is 3. The number of rotatable bonds is 6. The van der Waals surface area contributed by atoms with Crippen LogP contribution in [0, 0.1) is 0 Å². The second-order valence-corrected chi connectivity index (χ2v) is 15.1. The summed E-state index contributed by atoms with van der Waals surface area (Å²) in [6.45, 7) is 2.84. The minimum Gasteiger partial charge on any atom is -0.507 e. The van der Waals surface area contributed by atoms with E-state index in [1.807, 2.05) is 30.5 Å². The summed E-state index contributed by atoms with van der Waals surface area (Å²) in [5, 5.41) is 43.2. The van der Waals surface area contributed by atoms with Gasteiger partial charge in [-0.05, 0) is 111 Å². The first-order valence-electron chi connectivity index (χ1n) is 19.1. The van der Waals surface area contributed by atoms with Crippen LogP contribution in [-0.4, -0.2) is 91.5 Å². The molecule has 0 spiro atoms. The van der Waals surface area contributed by atoms with Crippen molar-refractivity contribution < 1.29 is 24.9 Å². The first-order chi connectivity index (χ1) is 25.9. The smallest absolute Gasteiger partial charge is 0.244 e. The molecule has 11 nitrogen and oxygen atoms in total. The van der Waals surface area contributed by atoms with Gasteiger partial charge in [0.25, 0.3) is 0 Å². The number of β-amino-alcohol motifs (C(OH)–C–C–N with tert-alkyl or cyclic N) is 1. The maximum Gasteiger partial charge on any atom is 0.244 e. The van der Waals surface area contributed by atoms with Gasteiger partial charge in [0.1, 0.15) is 35.9 Å². The van der Waals surface area contributed by atoms with Gasteiger partial charge in [0, 0.05) is 36.0 Å². The Hall–Kier alpha value is -4.97. The van der Waals surface area contributed by atoms with E-state index in [1.54, 1.807) is 12.1 Å². The van der Waals surface area contributed by atoms with Gasteiger partial charge in [-0.15, -0.1) is 10.2 Å². The number of aromatic hydroxyl groups is 1. The Labute approximate surface area is 308 Å². The summed E-state index contributed by atoms with van der Waals surface area (Å²) in [5.41, 5.74) is 7.32. The first kappa shape index (κ1) is 33.8. The van der Waals surface area contributed by atoms with E-state index in [9.17, 15) is 20.1 Å². The van der Waals surface area contributed by atoms with Crippen LogP contribution in [0.5, 0.6) is 11.5 Å². The highest BCUT2D eigenvalue weighted by Gasteiger charge is 2.38. The fraction of sp³-hybridized carbons (Fsp3) is 0.405. The quantitative estimate of drug-likeness (QED) is 0.181. The molecule has 3 aliphatic heterocycles. The van der Waals surface area contributed by atoms with Crippen LogP contribution in [0.25, 0.3) is 28.0 Å². The van der Waals surface area contributed by atoms with Crippen molar-refractivity contribution in [2.75, 3.05) is 31.1 Å². The topological polar surface area (TPSA) is 136 Å². The van der Waals surface area contributed by atoms with Crippen molar-refractivity contribution in [2.45, 2.75) is 81.2 Å². The molecule has 2 saturated heterocycles. The number of phenolic OH excluding ortho intramolecular Hbond substituents is 1. The van der Waals surface area contributed by atoms with Crippen LogP contribution in [0.1, 0.15) is 67.9 Å². The van der Waals surface area contributed by atoms with Crippen LogP contribution < -0.4 is 15.0 Å².